The van der Waals surface area contributed by atoms with Crippen molar-refractivity contribution in [3.8, 4) is 11.3 Å². The van der Waals surface area contributed by atoms with Crippen molar-refractivity contribution in [2.75, 3.05) is 6.61 Å². The summed E-state index contributed by atoms with van der Waals surface area (Å²) in [5.41, 5.74) is 3.38. The minimum absolute atomic E-state index is 0.0604. The average molecular weight is 350 g/mol. The van der Waals surface area contributed by atoms with Gasteiger partial charge in [-0.2, -0.15) is 5.10 Å². The maximum Gasteiger partial charge on any atom is 0.224 e. The summed E-state index contributed by atoms with van der Waals surface area (Å²) < 4.78 is 0. The fourth-order valence-corrected chi connectivity index (χ4v) is 2.71. The van der Waals surface area contributed by atoms with Crippen molar-refractivity contribution >= 4 is 17.5 Å². The molecule has 0 unspecified atom stereocenters. The first kappa shape index (κ1) is 18.5. The largest absolute Gasteiger partial charge is 0.394 e. The van der Waals surface area contributed by atoms with Crippen LogP contribution in [-0.2, 0) is 11.2 Å². The molecule has 5 nitrogen and oxygen atoms in total. The average Bonchev–Trinajstić information content (AvgIpc) is 2.93. The molecule has 1 amide bonds. The van der Waals surface area contributed by atoms with Crippen LogP contribution < -0.4 is 5.32 Å². The second-order valence-electron chi connectivity index (χ2n) is 6.10. The molecule has 0 radical (unpaired) electrons. The standard InChI is InChI=1S/C18H24ClN3O2/c1-4-11(2)16(10-23)20-17(24)9-15-12(3)21-22-18(15)13-5-7-14(19)8-6-13/h5-8,11,16,23H,4,9-10H2,1-3H3,(H,20,24)(H,21,22)/t11-,16-/m0/s1. The maximum atomic E-state index is 12.4. The number of aryl methyl sites for hydroxylation is 1. The van der Waals surface area contributed by atoms with E-state index in [1.54, 1.807) is 12.1 Å². The topological polar surface area (TPSA) is 78.0 Å². The third-order valence-corrected chi connectivity index (χ3v) is 4.65. The Morgan fingerprint density at radius 1 is 1.38 bits per heavy atom. The van der Waals surface area contributed by atoms with Crippen LogP contribution in [0.15, 0.2) is 24.3 Å². The van der Waals surface area contributed by atoms with Crippen LogP contribution in [0.4, 0.5) is 0 Å². The van der Waals surface area contributed by atoms with Crippen molar-refractivity contribution in [1.82, 2.24) is 15.5 Å². The van der Waals surface area contributed by atoms with E-state index in [1.807, 2.05) is 32.9 Å². The van der Waals surface area contributed by atoms with Crippen molar-refractivity contribution in [2.45, 2.75) is 39.7 Å². The first-order valence-electron chi connectivity index (χ1n) is 8.16. The molecule has 1 aromatic heterocycles. The number of nitrogens with zero attached hydrogens (tertiary/aromatic N) is 1. The van der Waals surface area contributed by atoms with E-state index >= 15 is 0 Å². The first-order chi connectivity index (χ1) is 11.5. The van der Waals surface area contributed by atoms with E-state index < -0.39 is 0 Å². The molecule has 2 rings (SSSR count). The zero-order chi connectivity index (χ0) is 17.7. The number of aliphatic hydroxyl groups is 1. The number of amides is 1. The van der Waals surface area contributed by atoms with Crippen LogP contribution in [0.1, 0.15) is 31.5 Å². The number of carbonyl (C=O) groups excluding carboxylic acids is 1. The van der Waals surface area contributed by atoms with Gasteiger partial charge in [0.2, 0.25) is 5.91 Å². The molecule has 1 heterocycles. The van der Waals surface area contributed by atoms with Crippen molar-refractivity contribution in [3.05, 3.63) is 40.5 Å². The fraction of sp³-hybridized carbons (Fsp3) is 0.444. The predicted octanol–water partition coefficient (Wildman–Crippen LogP) is 3.10. The van der Waals surface area contributed by atoms with Gasteiger partial charge in [-0.05, 0) is 25.0 Å². The number of halogens is 1. The number of hydrogen-bond acceptors (Lipinski definition) is 3. The van der Waals surface area contributed by atoms with Gasteiger partial charge in [-0.15, -0.1) is 0 Å². The minimum Gasteiger partial charge on any atom is -0.394 e. The summed E-state index contributed by atoms with van der Waals surface area (Å²) in [4.78, 5) is 12.4. The highest BCUT2D eigenvalue weighted by atomic mass is 35.5. The Hall–Kier alpha value is -1.85. The lowest BCUT2D eigenvalue weighted by Crippen LogP contribution is -2.42. The number of carbonyl (C=O) groups is 1. The van der Waals surface area contributed by atoms with E-state index in [4.69, 9.17) is 11.6 Å². The smallest absolute Gasteiger partial charge is 0.224 e. The summed E-state index contributed by atoms with van der Waals surface area (Å²) >= 11 is 5.93. The third kappa shape index (κ3) is 4.36. The highest BCUT2D eigenvalue weighted by Gasteiger charge is 2.20. The van der Waals surface area contributed by atoms with Crippen molar-refractivity contribution in [1.29, 1.82) is 0 Å². The normalized spacial score (nSPS) is 13.5. The molecule has 3 N–H and O–H groups in total. The van der Waals surface area contributed by atoms with E-state index in [0.717, 1.165) is 28.9 Å². The van der Waals surface area contributed by atoms with Crippen LogP contribution in [0.25, 0.3) is 11.3 Å². The summed E-state index contributed by atoms with van der Waals surface area (Å²) in [6, 6.07) is 7.14. The van der Waals surface area contributed by atoms with E-state index in [9.17, 15) is 9.90 Å². The lowest BCUT2D eigenvalue weighted by atomic mass is 9.99. The summed E-state index contributed by atoms with van der Waals surface area (Å²) in [5.74, 6) is 0.106. The zero-order valence-electron chi connectivity index (χ0n) is 14.3. The molecule has 0 saturated carbocycles. The molecule has 0 spiro atoms. The summed E-state index contributed by atoms with van der Waals surface area (Å²) in [7, 11) is 0. The Balaban J connectivity index is 2.16. The number of H-pyrrole nitrogens is 1. The molecular formula is C18H24ClN3O2. The highest BCUT2D eigenvalue weighted by molar-refractivity contribution is 6.30. The van der Waals surface area contributed by atoms with Crippen LogP contribution in [0.5, 0.6) is 0 Å². The van der Waals surface area contributed by atoms with Gasteiger partial charge < -0.3 is 10.4 Å². The molecule has 6 heteroatoms. The number of benzene rings is 1. The van der Waals surface area contributed by atoms with Gasteiger partial charge in [0.05, 0.1) is 24.8 Å². The van der Waals surface area contributed by atoms with E-state index in [2.05, 4.69) is 15.5 Å². The van der Waals surface area contributed by atoms with Crippen LogP contribution in [0.2, 0.25) is 5.02 Å². The molecule has 0 fully saturated rings. The molecule has 0 aliphatic carbocycles. The fourth-order valence-electron chi connectivity index (χ4n) is 2.59. The highest BCUT2D eigenvalue weighted by Crippen LogP contribution is 2.25. The molecule has 0 aliphatic heterocycles. The lowest BCUT2D eigenvalue weighted by Gasteiger charge is -2.22. The Morgan fingerprint density at radius 3 is 2.62 bits per heavy atom. The van der Waals surface area contributed by atoms with Crippen molar-refractivity contribution < 1.29 is 9.90 Å². The number of aromatic nitrogens is 2. The van der Waals surface area contributed by atoms with Gasteiger partial charge in [0.1, 0.15) is 0 Å². The van der Waals surface area contributed by atoms with Crippen LogP contribution >= 0.6 is 11.6 Å². The van der Waals surface area contributed by atoms with Gasteiger partial charge in [0.15, 0.2) is 0 Å². The summed E-state index contributed by atoms with van der Waals surface area (Å²) in [6.07, 6.45) is 1.11. The van der Waals surface area contributed by atoms with Crippen LogP contribution in [-0.4, -0.2) is 33.9 Å². The third-order valence-electron chi connectivity index (χ3n) is 4.40. The molecule has 0 aliphatic rings. The number of hydrogen-bond donors (Lipinski definition) is 3. The molecule has 0 bridgehead atoms. The number of rotatable bonds is 7. The van der Waals surface area contributed by atoms with E-state index in [0.29, 0.717) is 5.02 Å². The van der Waals surface area contributed by atoms with Crippen LogP contribution in [0.3, 0.4) is 0 Å². The molecule has 0 saturated heterocycles. The number of aromatic amines is 1. The van der Waals surface area contributed by atoms with E-state index in [1.165, 1.54) is 0 Å². The first-order valence-corrected chi connectivity index (χ1v) is 8.54. The Labute approximate surface area is 147 Å². The minimum atomic E-state index is -0.228. The van der Waals surface area contributed by atoms with Gasteiger partial charge >= 0.3 is 0 Å². The van der Waals surface area contributed by atoms with Crippen LogP contribution in [0, 0.1) is 12.8 Å². The van der Waals surface area contributed by atoms with Gasteiger partial charge in [-0.3, -0.25) is 9.89 Å². The van der Waals surface area contributed by atoms with Crippen molar-refractivity contribution in [3.63, 3.8) is 0 Å². The van der Waals surface area contributed by atoms with Gasteiger partial charge in [-0.25, -0.2) is 0 Å². The maximum absolute atomic E-state index is 12.4. The summed E-state index contributed by atoms with van der Waals surface area (Å²) in [6.45, 7) is 5.89. The summed E-state index contributed by atoms with van der Waals surface area (Å²) in [5, 5.41) is 20.3. The monoisotopic (exact) mass is 349 g/mol. The lowest BCUT2D eigenvalue weighted by molar-refractivity contribution is -0.121. The second-order valence-corrected chi connectivity index (χ2v) is 6.54. The molecule has 24 heavy (non-hydrogen) atoms. The molecule has 130 valence electrons. The Kier molecular flexibility index (Phi) is 6.40. The molecule has 2 aromatic rings. The second kappa shape index (κ2) is 8.31. The molecule has 2 atom stereocenters. The number of nitrogens with one attached hydrogen (secondary N) is 2. The van der Waals surface area contributed by atoms with Gasteiger partial charge in [0.25, 0.3) is 0 Å². The van der Waals surface area contributed by atoms with Crippen molar-refractivity contribution in [2.24, 2.45) is 5.92 Å². The van der Waals surface area contributed by atoms with Gasteiger partial charge in [-0.1, -0.05) is 44.0 Å². The number of aliphatic hydroxyl groups excluding tert-OH is 1. The SMILES string of the molecule is CC[C@H](C)[C@H](CO)NC(=O)Cc1c(-c2ccc(Cl)cc2)n[nH]c1C. The zero-order valence-corrected chi connectivity index (χ0v) is 15.0. The molecular weight excluding hydrogens is 326 g/mol. The Bertz CT molecular complexity index is 682. The van der Waals surface area contributed by atoms with E-state index in [-0.39, 0.29) is 30.9 Å². The Morgan fingerprint density at radius 2 is 2.04 bits per heavy atom. The van der Waals surface area contributed by atoms with Gasteiger partial charge in [0, 0.05) is 21.8 Å². The quantitative estimate of drug-likeness (QED) is 0.718. The predicted molar refractivity (Wildman–Crippen MR) is 95.9 cm³/mol. The molecule has 1 aromatic carbocycles.